The fourth-order valence-electron chi connectivity index (χ4n) is 1.26. The van der Waals surface area contributed by atoms with Crippen molar-refractivity contribution in [2.24, 2.45) is 0 Å². The van der Waals surface area contributed by atoms with E-state index in [2.05, 4.69) is 6.92 Å². The highest BCUT2D eigenvalue weighted by Crippen LogP contribution is 2.19. The van der Waals surface area contributed by atoms with Crippen molar-refractivity contribution in [3.63, 3.8) is 0 Å². The topological polar surface area (TPSA) is 9.23 Å². The van der Waals surface area contributed by atoms with Crippen molar-refractivity contribution in [2.75, 3.05) is 0 Å². The second-order valence-electron chi connectivity index (χ2n) is 3.02. The molecule has 3 heteroatoms. The van der Waals surface area contributed by atoms with E-state index in [1.165, 1.54) is 18.9 Å². The zero-order chi connectivity index (χ0) is 8.10. The molecular formula is C8H15ClOSi. The molecule has 1 rings (SSSR count). The van der Waals surface area contributed by atoms with Crippen molar-refractivity contribution in [3.8, 4) is 0 Å². The minimum atomic E-state index is 0.322. The summed E-state index contributed by atoms with van der Waals surface area (Å²) in [6, 6.07) is 1.26. The molecule has 1 heterocycles. The lowest BCUT2D eigenvalue weighted by atomic mass is 10.1. The summed E-state index contributed by atoms with van der Waals surface area (Å²) in [4.78, 5) is 0. The first-order valence-corrected chi connectivity index (χ1v) is 5.90. The van der Waals surface area contributed by atoms with Crippen molar-refractivity contribution in [1.29, 1.82) is 0 Å². The van der Waals surface area contributed by atoms with E-state index in [1.54, 1.807) is 0 Å². The van der Waals surface area contributed by atoms with Gasteiger partial charge in [0.15, 0.2) is 0 Å². The molecule has 0 aromatic rings. The second kappa shape index (κ2) is 5.17. The first-order chi connectivity index (χ1) is 5.33. The molecule has 1 aliphatic heterocycles. The molecule has 2 radical (unpaired) electrons. The molecule has 1 fully saturated rings. The van der Waals surface area contributed by atoms with Gasteiger partial charge in [0.05, 0.1) is 0 Å². The van der Waals surface area contributed by atoms with E-state index in [0.29, 0.717) is 11.5 Å². The zero-order valence-electron chi connectivity index (χ0n) is 6.98. The highest BCUT2D eigenvalue weighted by Gasteiger charge is 2.17. The van der Waals surface area contributed by atoms with Crippen molar-refractivity contribution >= 4 is 21.4 Å². The number of alkyl halides is 1. The van der Waals surface area contributed by atoms with Crippen molar-refractivity contribution in [1.82, 2.24) is 0 Å². The average Bonchev–Trinajstić information content (AvgIpc) is 2.06. The number of rotatable bonds is 3. The molecule has 2 unspecified atom stereocenters. The van der Waals surface area contributed by atoms with Crippen molar-refractivity contribution in [3.05, 3.63) is 0 Å². The first kappa shape index (κ1) is 9.55. The van der Waals surface area contributed by atoms with Gasteiger partial charge in [0.2, 0.25) is 9.76 Å². The lowest BCUT2D eigenvalue weighted by molar-refractivity contribution is 0.170. The standard InChI is InChI=1S/C8H15ClOSi/c1-2-7(9)6-8-4-3-5-11-10-8/h7-8H,2-6H2,1H3. The first-order valence-electron chi connectivity index (χ1n) is 4.35. The van der Waals surface area contributed by atoms with Crippen LogP contribution in [0.5, 0.6) is 0 Å². The Balaban J connectivity index is 2.13. The molecule has 64 valence electrons. The van der Waals surface area contributed by atoms with Crippen LogP contribution in [-0.2, 0) is 4.43 Å². The molecule has 2 atom stereocenters. The molecule has 11 heavy (non-hydrogen) atoms. The van der Waals surface area contributed by atoms with Gasteiger partial charge in [0, 0.05) is 11.5 Å². The summed E-state index contributed by atoms with van der Waals surface area (Å²) in [5.41, 5.74) is 0. The predicted octanol–water partition coefficient (Wildman–Crippen LogP) is 2.61. The van der Waals surface area contributed by atoms with Crippen LogP contribution in [0.4, 0.5) is 0 Å². The predicted molar refractivity (Wildman–Crippen MR) is 49.2 cm³/mol. The highest BCUT2D eigenvalue weighted by atomic mass is 35.5. The van der Waals surface area contributed by atoms with E-state index < -0.39 is 0 Å². The molecule has 1 aliphatic rings. The van der Waals surface area contributed by atoms with E-state index in [0.717, 1.165) is 22.6 Å². The van der Waals surface area contributed by atoms with Crippen LogP contribution in [0.3, 0.4) is 0 Å². The maximum absolute atomic E-state index is 6.02. The van der Waals surface area contributed by atoms with Crippen molar-refractivity contribution in [2.45, 2.75) is 50.1 Å². The number of halogens is 1. The van der Waals surface area contributed by atoms with Gasteiger partial charge in [-0.15, -0.1) is 11.6 Å². The van der Waals surface area contributed by atoms with Crippen LogP contribution in [0.1, 0.15) is 32.6 Å². The van der Waals surface area contributed by atoms with Crippen LogP contribution in [0.25, 0.3) is 0 Å². The van der Waals surface area contributed by atoms with Crippen LogP contribution in [-0.4, -0.2) is 21.2 Å². The zero-order valence-corrected chi connectivity index (χ0v) is 8.73. The Labute approximate surface area is 76.4 Å². The fourth-order valence-corrected chi connectivity index (χ4v) is 2.37. The smallest absolute Gasteiger partial charge is 0.230 e. The molecule has 1 nitrogen and oxygen atoms in total. The Hall–Kier alpha value is 0.467. The normalized spacial score (nSPS) is 28.4. The molecule has 0 aromatic carbocycles. The monoisotopic (exact) mass is 190 g/mol. The molecule has 0 spiro atoms. The lowest BCUT2D eigenvalue weighted by Gasteiger charge is -2.23. The van der Waals surface area contributed by atoms with Gasteiger partial charge >= 0.3 is 0 Å². The van der Waals surface area contributed by atoms with Gasteiger partial charge in [-0.1, -0.05) is 13.3 Å². The maximum Gasteiger partial charge on any atom is 0.230 e. The van der Waals surface area contributed by atoms with Gasteiger partial charge < -0.3 is 4.43 Å². The van der Waals surface area contributed by atoms with E-state index in [9.17, 15) is 0 Å². The Morgan fingerprint density at radius 2 is 2.55 bits per heavy atom. The summed E-state index contributed by atoms with van der Waals surface area (Å²) in [6.07, 6.45) is 5.12. The van der Waals surface area contributed by atoms with E-state index in [-0.39, 0.29) is 0 Å². The quantitative estimate of drug-likeness (QED) is 0.491. The maximum atomic E-state index is 6.02. The van der Waals surface area contributed by atoms with Gasteiger partial charge in [0.1, 0.15) is 0 Å². The van der Waals surface area contributed by atoms with Gasteiger partial charge in [-0.25, -0.2) is 0 Å². The third-order valence-electron chi connectivity index (χ3n) is 2.02. The minimum Gasteiger partial charge on any atom is -0.415 e. The SMILES string of the molecule is CCC(Cl)CC1CCC[Si]O1. The van der Waals surface area contributed by atoms with Crippen LogP contribution in [0.2, 0.25) is 6.04 Å². The van der Waals surface area contributed by atoms with Crippen LogP contribution in [0.15, 0.2) is 0 Å². The largest absolute Gasteiger partial charge is 0.415 e. The van der Waals surface area contributed by atoms with E-state index in [4.69, 9.17) is 16.0 Å². The highest BCUT2D eigenvalue weighted by molar-refractivity contribution is 6.27. The Kier molecular flexibility index (Phi) is 4.49. The van der Waals surface area contributed by atoms with Crippen LogP contribution in [0, 0.1) is 0 Å². The average molecular weight is 191 g/mol. The Morgan fingerprint density at radius 3 is 3.09 bits per heavy atom. The molecule has 0 amide bonds. The van der Waals surface area contributed by atoms with Crippen molar-refractivity contribution < 1.29 is 4.43 Å². The van der Waals surface area contributed by atoms with Gasteiger partial charge in [-0.05, 0) is 25.3 Å². The Morgan fingerprint density at radius 1 is 1.73 bits per heavy atom. The fraction of sp³-hybridized carbons (Fsp3) is 1.00. The number of hydrogen-bond acceptors (Lipinski definition) is 1. The number of hydrogen-bond donors (Lipinski definition) is 0. The summed E-state index contributed by atoms with van der Waals surface area (Å²) in [7, 11) is 0.724. The summed E-state index contributed by atoms with van der Waals surface area (Å²) in [6.45, 7) is 2.13. The summed E-state index contributed by atoms with van der Waals surface area (Å²) in [5, 5.41) is 0.322. The molecular weight excluding hydrogens is 176 g/mol. The third kappa shape index (κ3) is 3.59. The van der Waals surface area contributed by atoms with Crippen LogP contribution < -0.4 is 0 Å². The van der Waals surface area contributed by atoms with Gasteiger partial charge in [-0.2, -0.15) is 0 Å². The van der Waals surface area contributed by atoms with Crippen LogP contribution >= 0.6 is 11.6 Å². The third-order valence-corrected chi connectivity index (χ3v) is 3.56. The summed E-state index contributed by atoms with van der Waals surface area (Å²) in [5.74, 6) is 0. The summed E-state index contributed by atoms with van der Waals surface area (Å²) < 4.78 is 5.59. The van der Waals surface area contributed by atoms with E-state index >= 15 is 0 Å². The lowest BCUT2D eigenvalue weighted by Crippen LogP contribution is -2.23. The molecule has 0 bridgehead atoms. The minimum absolute atomic E-state index is 0.322. The molecule has 0 saturated carbocycles. The Bertz CT molecular complexity index is 104. The molecule has 1 saturated heterocycles. The van der Waals surface area contributed by atoms with E-state index in [1.807, 2.05) is 0 Å². The summed E-state index contributed by atoms with van der Waals surface area (Å²) >= 11 is 6.02. The molecule has 0 N–H and O–H groups in total. The second-order valence-corrected chi connectivity index (χ2v) is 4.66. The van der Waals surface area contributed by atoms with Gasteiger partial charge in [-0.3, -0.25) is 0 Å². The molecule has 0 aromatic heterocycles. The van der Waals surface area contributed by atoms with Gasteiger partial charge in [0.25, 0.3) is 0 Å². The molecule has 0 aliphatic carbocycles.